The van der Waals surface area contributed by atoms with Crippen LogP contribution in [-0.2, 0) is 6.54 Å². The number of Topliss-reactive ketones (excluding diaryl/α,β-unsaturated/α-hetero) is 1. The first-order valence-electron chi connectivity index (χ1n) is 10.2. The quantitative estimate of drug-likeness (QED) is 0.246. The van der Waals surface area contributed by atoms with Crippen molar-refractivity contribution in [3.8, 4) is 11.1 Å². The van der Waals surface area contributed by atoms with Crippen LogP contribution in [0.2, 0.25) is 0 Å². The third-order valence-electron chi connectivity index (χ3n) is 5.69. The molecule has 0 amide bonds. The molecule has 160 valence electrons. The van der Waals surface area contributed by atoms with Crippen molar-refractivity contribution in [2.75, 3.05) is 0 Å². The molecule has 0 aliphatic heterocycles. The molecule has 0 fully saturated rings. The first-order valence-corrected chi connectivity index (χ1v) is 11.9. The monoisotopic (exact) mass is 514 g/mol. The lowest BCUT2D eigenvalue weighted by atomic mass is 10.0. The van der Waals surface area contributed by atoms with Gasteiger partial charge in [-0.3, -0.25) is 14.2 Å². The fourth-order valence-electron chi connectivity index (χ4n) is 4.03. The highest BCUT2D eigenvalue weighted by Gasteiger charge is 2.18. The van der Waals surface area contributed by atoms with Crippen LogP contribution in [0.25, 0.3) is 43.1 Å². The van der Waals surface area contributed by atoms with E-state index in [1.807, 2.05) is 41.8 Å². The number of carbonyl (C=O) groups is 1. The van der Waals surface area contributed by atoms with E-state index in [0.717, 1.165) is 31.8 Å². The number of thiophene rings is 1. The zero-order valence-electron chi connectivity index (χ0n) is 17.1. The zero-order chi connectivity index (χ0) is 22.5. The van der Waals surface area contributed by atoms with Crippen LogP contribution in [0.1, 0.15) is 10.6 Å². The number of hydrogen-bond donors (Lipinski definition) is 0. The molecule has 0 N–H and O–H groups in total. The highest BCUT2D eigenvalue weighted by Crippen LogP contribution is 2.32. The molecule has 0 aliphatic carbocycles. The van der Waals surface area contributed by atoms with E-state index in [0.29, 0.717) is 15.8 Å². The van der Waals surface area contributed by atoms with Gasteiger partial charge in [0, 0.05) is 20.8 Å². The van der Waals surface area contributed by atoms with Crippen molar-refractivity contribution in [3.63, 3.8) is 0 Å². The number of ketones is 1. The topological polar surface area (TPSA) is 65.1 Å². The third-order valence-corrected chi connectivity index (χ3v) is 7.07. The molecule has 7 heteroatoms. The van der Waals surface area contributed by atoms with E-state index in [1.54, 1.807) is 12.1 Å². The Hall–Kier alpha value is -3.55. The Morgan fingerprint density at radius 3 is 2.73 bits per heavy atom. The summed E-state index contributed by atoms with van der Waals surface area (Å²) in [6, 6.07) is 21.5. The second-order valence-electron chi connectivity index (χ2n) is 7.79. The summed E-state index contributed by atoms with van der Waals surface area (Å²) in [6.45, 7) is -0.143. The van der Waals surface area contributed by atoms with Crippen LogP contribution in [0, 0.1) is 0 Å². The van der Waals surface area contributed by atoms with Crippen LogP contribution in [0.4, 0.5) is 0 Å². The molecule has 0 atom stereocenters. The first-order chi connectivity index (χ1) is 16.1. The summed E-state index contributed by atoms with van der Waals surface area (Å²) in [5.41, 5.74) is 2.16. The number of furan rings is 1. The number of aromatic nitrogens is 2. The van der Waals surface area contributed by atoms with Crippen LogP contribution in [0.5, 0.6) is 0 Å². The normalized spacial score (nSPS) is 11.5. The fraction of sp³-hybridized carbons (Fsp3) is 0.0385. The van der Waals surface area contributed by atoms with Gasteiger partial charge in [0.05, 0.1) is 18.3 Å². The maximum atomic E-state index is 13.4. The van der Waals surface area contributed by atoms with E-state index in [9.17, 15) is 9.59 Å². The summed E-state index contributed by atoms with van der Waals surface area (Å²) < 4.78 is 7.95. The average molecular weight is 515 g/mol. The molecule has 3 aromatic carbocycles. The van der Waals surface area contributed by atoms with Crippen molar-refractivity contribution in [1.82, 2.24) is 9.55 Å². The maximum absolute atomic E-state index is 13.4. The molecule has 6 rings (SSSR count). The molecule has 5 nitrogen and oxygen atoms in total. The highest BCUT2D eigenvalue weighted by molar-refractivity contribution is 9.10. The Bertz CT molecular complexity index is 1760. The standard InChI is InChI=1S/C26H15BrN2O3S/c27-19-7-8-22-18(10-19)11-23(32-22)21(30)12-29-14-28-25-24(26(29)31)20(13-33-25)17-6-5-15-3-1-2-4-16(15)9-17/h1-11,13-14H,12H2. The zero-order valence-corrected chi connectivity index (χ0v) is 19.5. The van der Waals surface area contributed by atoms with Gasteiger partial charge in [-0.2, -0.15) is 0 Å². The SMILES string of the molecule is O=C(Cn1cnc2scc(-c3ccc4ccccc4c3)c2c1=O)c1cc2cc(Br)ccc2o1. The summed E-state index contributed by atoms with van der Waals surface area (Å²) in [5, 5.41) is 5.54. The predicted octanol–water partition coefficient (Wildman–Crippen LogP) is 6.67. The molecule has 0 radical (unpaired) electrons. The second-order valence-corrected chi connectivity index (χ2v) is 9.56. The molecule has 3 heterocycles. The van der Waals surface area contributed by atoms with E-state index < -0.39 is 0 Å². The van der Waals surface area contributed by atoms with Crippen LogP contribution in [0.15, 0.2) is 92.1 Å². The summed E-state index contributed by atoms with van der Waals surface area (Å²) in [5.74, 6) is -0.0665. The van der Waals surface area contributed by atoms with Crippen LogP contribution >= 0.6 is 27.3 Å². The lowest BCUT2D eigenvalue weighted by Gasteiger charge is -2.06. The molecule has 33 heavy (non-hydrogen) atoms. The minimum atomic E-state index is -0.284. The first kappa shape index (κ1) is 20.1. The average Bonchev–Trinajstić information content (AvgIpc) is 3.45. The van der Waals surface area contributed by atoms with Gasteiger partial charge >= 0.3 is 0 Å². The molecular weight excluding hydrogens is 500 g/mol. The van der Waals surface area contributed by atoms with Gasteiger partial charge in [0.1, 0.15) is 10.4 Å². The second kappa shape index (κ2) is 7.79. The van der Waals surface area contributed by atoms with Crippen LogP contribution in [0.3, 0.4) is 0 Å². The molecule has 0 unspecified atom stereocenters. The van der Waals surface area contributed by atoms with Crippen molar-refractivity contribution in [2.45, 2.75) is 6.54 Å². The third kappa shape index (κ3) is 3.50. The summed E-state index contributed by atoms with van der Waals surface area (Å²) in [7, 11) is 0. The Morgan fingerprint density at radius 1 is 1.00 bits per heavy atom. The van der Waals surface area contributed by atoms with E-state index >= 15 is 0 Å². The van der Waals surface area contributed by atoms with E-state index in [-0.39, 0.29) is 23.6 Å². The smallest absolute Gasteiger partial charge is 0.263 e. The number of rotatable bonds is 4. The van der Waals surface area contributed by atoms with Crippen LogP contribution in [-0.4, -0.2) is 15.3 Å². The molecule has 0 spiro atoms. The Kier molecular flexibility index (Phi) is 4.74. The number of halogens is 1. The van der Waals surface area contributed by atoms with Gasteiger partial charge in [0.25, 0.3) is 5.56 Å². The number of carbonyl (C=O) groups excluding carboxylic acids is 1. The number of benzene rings is 3. The molecule has 0 saturated carbocycles. The Labute approximate surface area is 200 Å². The number of hydrogen-bond acceptors (Lipinski definition) is 5. The van der Waals surface area contributed by atoms with Gasteiger partial charge in [0.2, 0.25) is 5.78 Å². The largest absolute Gasteiger partial charge is 0.453 e. The summed E-state index contributed by atoms with van der Waals surface area (Å²) in [6.07, 6.45) is 1.43. The predicted molar refractivity (Wildman–Crippen MR) is 135 cm³/mol. The number of fused-ring (bicyclic) bond motifs is 3. The van der Waals surface area contributed by atoms with Gasteiger partial charge in [-0.15, -0.1) is 11.3 Å². The minimum Gasteiger partial charge on any atom is -0.453 e. The molecule has 0 bridgehead atoms. The van der Waals surface area contributed by atoms with Gasteiger partial charge < -0.3 is 4.42 Å². The molecular formula is C26H15BrN2O3S. The Morgan fingerprint density at radius 2 is 1.85 bits per heavy atom. The van der Waals surface area contributed by atoms with Gasteiger partial charge in [-0.25, -0.2) is 4.98 Å². The van der Waals surface area contributed by atoms with E-state index in [2.05, 4.69) is 39.1 Å². The number of nitrogens with zero attached hydrogens (tertiary/aromatic N) is 2. The van der Waals surface area contributed by atoms with Gasteiger partial charge in [0.15, 0.2) is 5.76 Å². The lowest BCUT2D eigenvalue weighted by molar-refractivity contribution is 0.0945. The van der Waals surface area contributed by atoms with Crippen molar-refractivity contribution < 1.29 is 9.21 Å². The van der Waals surface area contributed by atoms with Gasteiger partial charge in [-0.1, -0.05) is 52.3 Å². The van der Waals surface area contributed by atoms with Crippen molar-refractivity contribution in [3.05, 3.63) is 99.0 Å². The lowest BCUT2D eigenvalue weighted by Crippen LogP contribution is -2.24. The van der Waals surface area contributed by atoms with Gasteiger partial charge in [-0.05, 0) is 46.7 Å². The minimum absolute atomic E-state index is 0.143. The highest BCUT2D eigenvalue weighted by atomic mass is 79.9. The van der Waals surface area contributed by atoms with Crippen molar-refractivity contribution in [1.29, 1.82) is 0 Å². The fourth-order valence-corrected chi connectivity index (χ4v) is 5.32. The molecule has 6 aromatic rings. The van der Waals surface area contributed by atoms with Crippen molar-refractivity contribution >= 4 is 65.0 Å². The maximum Gasteiger partial charge on any atom is 0.263 e. The summed E-state index contributed by atoms with van der Waals surface area (Å²) >= 11 is 4.85. The molecule has 0 aliphatic rings. The Balaban J connectivity index is 1.40. The van der Waals surface area contributed by atoms with E-state index in [4.69, 9.17) is 4.42 Å². The molecule has 0 saturated heterocycles. The van der Waals surface area contributed by atoms with Crippen molar-refractivity contribution in [2.24, 2.45) is 0 Å². The summed E-state index contributed by atoms with van der Waals surface area (Å²) in [4.78, 5) is 31.4. The van der Waals surface area contributed by atoms with E-state index in [1.165, 1.54) is 22.2 Å². The molecule has 3 aromatic heterocycles. The van der Waals surface area contributed by atoms with Crippen LogP contribution < -0.4 is 5.56 Å².